The van der Waals surface area contributed by atoms with Gasteiger partial charge < -0.3 is 19.1 Å². The van der Waals surface area contributed by atoms with Crippen molar-refractivity contribution in [2.75, 3.05) is 36.0 Å². The number of anilines is 2. The Balaban J connectivity index is 0.000000730. The van der Waals surface area contributed by atoms with Crippen molar-refractivity contribution in [2.24, 2.45) is 0 Å². The molecule has 1 saturated carbocycles. The maximum atomic E-state index is 12.0. The van der Waals surface area contributed by atoms with E-state index in [1.807, 2.05) is 0 Å². The number of carbonyl (C=O) groups excluding carboxylic acids is 1. The van der Waals surface area contributed by atoms with E-state index in [2.05, 4.69) is 134 Å². The van der Waals surface area contributed by atoms with Crippen LogP contribution < -0.4 is 14.8 Å². The number of esters is 1. The molecule has 3 aromatic carbocycles. The summed E-state index contributed by atoms with van der Waals surface area (Å²) in [6, 6.07) is 27.2. The first kappa shape index (κ1) is 42.1. The Morgan fingerprint density at radius 1 is 0.796 bits per heavy atom. The summed E-state index contributed by atoms with van der Waals surface area (Å²) in [6.07, 6.45) is 8.14. The summed E-state index contributed by atoms with van der Waals surface area (Å²) in [5.41, 5.74) is 5.78. The largest absolute Gasteiger partial charge is 0.741 e. The summed E-state index contributed by atoms with van der Waals surface area (Å²) in [5.74, 6) is -0.282. The Morgan fingerprint density at radius 2 is 1.24 bits per heavy atom. The lowest BCUT2D eigenvalue weighted by atomic mass is 9.83. The SMILES string of the molecule is C=C(C)C(=O)OC1CCC([NH+]=C2C=CC(=C(c3ccc(N(CC)CC)cc3)c3ccc(N(CC)CC)cc3)c3ccccc32)CC1.O=S(=O)([O-])C(F)(F)F. The molecule has 0 radical (unpaired) electrons. The summed E-state index contributed by atoms with van der Waals surface area (Å²) in [6.45, 7) is 18.2. The zero-order chi connectivity index (χ0) is 39.6. The smallest absolute Gasteiger partial charge is 0.485 e. The van der Waals surface area contributed by atoms with Gasteiger partial charge in [-0.3, -0.25) is 0 Å². The number of hydrogen-bond acceptors (Lipinski definition) is 7. The molecule has 0 amide bonds. The molecule has 54 heavy (non-hydrogen) atoms. The summed E-state index contributed by atoms with van der Waals surface area (Å²) in [4.78, 5) is 20.7. The van der Waals surface area contributed by atoms with Crippen LogP contribution in [-0.2, 0) is 19.6 Å². The molecule has 290 valence electrons. The van der Waals surface area contributed by atoms with Gasteiger partial charge >= 0.3 is 11.5 Å². The van der Waals surface area contributed by atoms with Crippen LogP contribution in [0.1, 0.15) is 82.6 Å². The quantitative estimate of drug-likeness (QED) is 0.0949. The van der Waals surface area contributed by atoms with Crippen LogP contribution in [0.2, 0.25) is 0 Å². The van der Waals surface area contributed by atoms with Gasteiger partial charge in [-0.2, -0.15) is 13.2 Å². The van der Waals surface area contributed by atoms with Gasteiger partial charge in [-0.1, -0.05) is 49.0 Å². The minimum atomic E-state index is -6.09. The molecule has 0 spiro atoms. The first-order valence-electron chi connectivity index (χ1n) is 18.4. The summed E-state index contributed by atoms with van der Waals surface area (Å²) in [5, 5.41) is 0. The molecule has 2 aliphatic rings. The lowest BCUT2D eigenvalue weighted by Gasteiger charge is -2.25. The summed E-state index contributed by atoms with van der Waals surface area (Å²) >= 11 is 0. The molecule has 0 heterocycles. The maximum absolute atomic E-state index is 12.0. The maximum Gasteiger partial charge on any atom is 0.485 e. The molecule has 0 aromatic heterocycles. The number of ether oxygens (including phenoxy) is 1. The lowest BCUT2D eigenvalue weighted by molar-refractivity contribution is -0.507. The van der Waals surface area contributed by atoms with Crippen LogP contribution in [0, 0.1) is 0 Å². The molecule has 0 unspecified atom stereocenters. The first-order valence-corrected chi connectivity index (χ1v) is 19.8. The fourth-order valence-corrected chi connectivity index (χ4v) is 6.77. The van der Waals surface area contributed by atoms with Gasteiger partial charge in [0.25, 0.3) is 0 Å². The van der Waals surface area contributed by atoms with Gasteiger partial charge in [0.2, 0.25) is 5.71 Å². The molecule has 5 rings (SSSR count). The van der Waals surface area contributed by atoms with Crippen LogP contribution in [0.15, 0.2) is 97.1 Å². The minimum Gasteiger partial charge on any atom is -0.741 e. The second-order valence-electron chi connectivity index (χ2n) is 13.2. The number of nitrogens with one attached hydrogen (secondary N) is 1. The van der Waals surface area contributed by atoms with Gasteiger partial charge in [0.05, 0.1) is 5.56 Å². The third kappa shape index (κ3) is 10.5. The molecule has 0 bridgehead atoms. The molecule has 0 saturated heterocycles. The second kappa shape index (κ2) is 18.6. The van der Waals surface area contributed by atoms with Crippen LogP contribution in [0.25, 0.3) is 11.1 Å². The second-order valence-corrected chi connectivity index (χ2v) is 14.6. The third-order valence-electron chi connectivity index (χ3n) is 9.70. The molecule has 1 N–H and O–H groups in total. The van der Waals surface area contributed by atoms with Gasteiger partial charge in [-0.15, -0.1) is 0 Å². The first-order chi connectivity index (χ1) is 25.6. The number of alkyl halides is 3. The van der Waals surface area contributed by atoms with Crippen molar-refractivity contribution in [2.45, 2.75) is 78.0 Å². The van der Waals surface area contributed by atoms with E-state index in [9.17, 15) is 18.0 Å². The van der Waals surface area contributed by atoms with Gasteiger partial charge in [0.15, 0.2) is 16.2 Å². The van der Waals surface area contributed by atoms with E-state index >= 15 is 0 Å². The van der Waals surface area contributed by atoms with Crippen LogP contribution in [0.4, 0.5) is 24.5 Å². The normalized spacial score (nSPS) is 17.6. The van der Waals surface area contributed by atoms with Crippen molar-refractivity contribution in [3.63, 3.8) is 0 Å². The molecular weight excluding hydrogens is 716 g/mol. The number of hydrogen-bond donors (Lipinski definition) is 1. The Hall–Kier alpha value is -4.68. The zero-order valence-electron chi connectivity index (χ0n) is 31.6. The molecule has 0 aliphatic heterocycles. The van der Waals surface area contributed by atoms with Crippen molar-refractivity contribution in [3.05, 3.63) is 119 Å². The van der Waals surface area contributed by atoms with E-state index in [0.29, 0.717) is 11.6 Å². The van der Waals surface area contributed by atoms with Crippen molar-refractivity contribution in [1.29, 1.82) is 0 Å². The fraction of sp³-hybridized carbons (Fsp3) is 0.381. The molecule has 0 atom stereocenters. The van der Waals surface area contributed by atoms with E-state index in [1.165, 1.54) is 44.8 Å². The van der Waals surface area contributed by atoms with E-state index in [-0.39, 0.29) is 12.1 Å². The number of rotatable bonds is 11. The van der Waals surface area contributed by atoms with Crippen molar-refractivity contribution < 1.29 is 40.7 Å². The number of fused-ring (bicyclic) bond motifs is 1. The number of nitrogens with zero attached hydrogens (tertiary/aromatic N) is 2. The Morgan fingerprint density at radius 3 is 1.65 bits per heavy atom. The van der Waals surface area contributed by atoms with Gasteiger partial charge in [0, 0.05) is 62.0 Å². The summed E-state index contributed by atoms with van der Waals surface area (Å²) < 4.78 is 64.5. The average molecular weight is 766 g/mol. The number of carbonyl (C=O) groups is 1. The van der Waals surface area contributed by atoms with Crippen LogP contribution in [-0.4, -0.2) is 68.5 Å². The molecule has 12 heteroatoms. The van der Waals surface area contributed by atoms with E-state index in [4.69, 9.17) is 17.7 Å². The Labute approximate surface area is 317 Å². The minimum absolute atomic E-state index is 0.0280. The standard InChI is InChI=1S/C41H49N3O2.CHF3O3S/c1-7-43(8-2)33-21-15-30(16-22-33)40(31-17-23-34(24-18-31)44(9-3)10-4)38-27-28-39(37-14-12-11-13-36(37)38)42-32-19-25-35(26-20-32)46-41(45)29(5)6;2-1(3,4)8(5,6)7/h11-18,21-24,27-28,32,35H,5,7-10,19-20,25-26H2,1-4,6H3;(H,5,6,7). The molecule has 1 fully saturated rings. The highest BCUT2D eigenvalue weighted by molar-refractivity contribution is 7.86. The lowest BCUT2D eigenvalue weighted by Crippen LogP contribution is -2.80. The van der Waals surface area contributed by atoms with E-state index < -0.39 is 15.6 Å². The predicted octanol–water partition coefficient (Wildman–Crippen LogP) is 7.26. The highest BCUT2D eigenvalue weighted by Crippen LogP contribution is 2.38. The zero-order valence-corrected chi connectivity index (χ0v) is 32.4. The van der Waals surface area contributed by atoms with E-state index in [0.717, 1.165) is 57.6 Å². The van der Waals surface area contributed by atoms with Crippen LogP contribution in [0.3, 0.4) is 0 Å². The Kier molecular flexibility index (Phi) is 14.5. The monoisotopic (exact) mass is 765 g/mol. The molecule has 2 aliphatic carbocycles. The van der Waals surface area contributed by atoms with Crippen LogP contribution >= 0.6 is 0 Å². The molecule has 8 nitrogen and oxygen atoms in total. The highest BCUT2D eigenvalue weighted by atomic mass is 32.2. The predicted molar refractivity (Wildman–Crippen MR) is 209 cm³/mol. The number of allylic oxidation sites excluding steroid dienone is 3. The molecular formula is C42H50F3N3O5S. The van der Waals surface area contributed by atoms with Gasteiger partial charge in [-0.05, 0) is 112 Å². The number of halogens is 3. The van der Waals surface area contributed by atoms with Gasteiger partial charge in [-0.25, -0.2) is 18.2 Å². The Bertz CT molecular complexity index is 1900. The summed E-state index contributed by atoms with van der Waals surface area (Å²) in [7, 11) is -6.09. The topological polar surface area (TPSA) is 104 Å². The fourth-order valence-electron chi connectivity index (χ4n) is 6.77. The van der Waals surface area contributed by atoms with Crippen molar-refractivity contribution in [3.8, 4) is 0 Å². The van der Waals surface area contributed by atoms with Crippen molar-refractivity contribution in [1.82, 2.24) is 0 Å². The van der Waals surface area contributed by atoms with Crippen LogP contribution in [0.5, 0.6) is 0 Å². The van der Waals surface area contributed by atoms with Gasteiger partial charge in [0.1, 0.15) is 6.10 Å². The van der Waals surface area contributed by atoms with E-state index in [1.54, 1.807) is 6.92 Å². The average Bonchev–Trinajstić information content (AvgIpc) is 3.15. The third-order valence-corrected chi connectivity index (χ3v) is 10.3. The highest BCUT2D eigenvalue weighted by Gasteiger charge is 2.37. The van der Waals surface area contributed by atoms with Crippen molar-refractivity contribution >= 4 is 44.3 Å². The number of benzene rings is 3. The molecule has 3 aromatic rings.